The number of carbonyl (C=O) groups is 1. The number of esters is 1. The fourth-order valence-corrected chi connectivity index (χ4v) is 2.61. The molecule has 112 valence electrons. The molecule has 2 heterocycles. The van der Waals surface area contributed by atoms with E-state index in [0.29, 0.717) is 11.3 Å². The predicted molar refractivity (Wildman–Crippen MR) is 76.8 cm³/mol. The molecule has 0 aliphatic carbocycles. The van der Waals surface area contributed by atoms with Crippen molar-refractivity contribution >= 4 is 5.97 Å². The minimum atomic E-state index is -0.334. The number of hydrogen-bond donors (Lipinski definition) is 1. The summed E-state index contributed by atoms with van der Waals surface area (Å²) in [5.74, 6) is 1.12. The molecule has 20 heavy (non-hydrogen) atoms. The van der Waals surface area contributed by atoms with Gasteiger partial charge < -0.3 is 14.5 Å². The lowest BCUT2D eigenvalue weighted by Gasteiger charge is -2.39. The molecule has 0 aromatic carbocycles. The molecule has 0 spiro atoms. The van der Waals surface area contributed by atoms with Crippen molar-refractivity contribution in [2.24, 2.45) is 0 Å². The quantitative estimate of drug-likeness (QED) is 0.854. The lowest BCUT2D eigenvalue weighted by molar-refractivity contribution is 0.0599. The van der Waals surface area contributed by atoms with Crippen LogP contribution in [0.1, 0.15) is 41.6 Å². The van der Waals surface area contributed by atoms with E-state index in [1.165, 1.54) is 7.11 Å². The third-order valence-electron chi connectivity index (χ3n) is 4.32. The molecule has 0 amide bonds. The largest absolute Gasteiger partial charge is 0.465 e. The standard InChI is InChI=1S/C15H24N2O3/c1-11-13(14(18)19-4)9-12(20-11)10-17-7-5-15(2,16-3)6-8-17/h9,16H,5-8,10H2,1-4H3. The highest BCUT2D eigenvalue weighted by atomic mass is 16.5. The van der Waals surface area contributed by atoms with Crippen LogP contribution in [0.25, 0.3) is 0 Å². The predicted octanol–water partition coefficient (Wildman–Crippen LogP) is 1.95. The lowest BCUT2D eigenvalue weighted by atomic mass is 9.90. The van der Waals surface area contributed by atoms with Crippen LogP contribution in [0, 0.1) is 6.92 Å². The van der Waals surface area contributed by atoms with Gasteiger partial charge in [-0.1, -0.05) is 0 Å². The molecule has 1 aliphatic rings. The Balaban J connectivity index is 1.97. The maximum Gasteiger partial charge on any atom is 0.341 e. The molecule has 1 fully saturated rings. The summed E-state index contributed by atoms with van der Waals surface area (Å²) in [5, 5.41) is 3.39. The van der Waals surface area contributed by atoms with Gasteiger partial charge in [0.15, 0.2) is 0 Å². The van der Waals surface area contributed by atoms with Gasteiger partial charge in [0.1, 0.15) is 17.1 Å². The first-order valence-electron chi connectivity index (χ1n) is 7.06. The van der Waals surface area contributed by atoms with Crippen LogP contribution in [-0.4, -0.2) is 43.7 Å². The van der Waals surface area contributed by atoms with Gasteiger partial charge in [-0.25, -0.2) is 4.79 Å². The topological polar surface area (TPSA) is 54.7 Å². The second-order valence-corrected chi connectivity index (χ2v) is 5.76. The van der Waals surface area contributed by atoms with Crippen LogP contribution in [0.5, 0.6) is 0 Å². The van der Waals surface area contributed by atoms with E-state index in [2.05, 4.69) is 17.1 Å². The van der Waals surface area contributed by atoms with Gasteiger partial charge >= 0.3 is 5.97 Å². The third-order valence-corrected chi connectivity index (χ3v) is 4.32. The Kier molecular flexibility index (Phi) is 4.50. The highest BCUT2D eigenvalue weighted by Gasteiger charge is 2.28. The Labute approximate surface area is 120 Å². The van der Waals surface area contributed by atoms with Gasteiger partial charge in [-0.3, -0.25) is 4.90 Å². The summed E-state index contributed by atoms with van der Waals surface area (Å²) in [6.45, 7) is 6.87. The van der Waals surface area contributed by atoms with Gasteiger partial charge in [-0.15, -0.1) is 0 Å². The number of furan rings is 1. The first kappa shape index (κ1) is 15.1. The van der Waals surface area contributed by atoms with E-state index in [-0.39, 0.29) is 11.5 Å². The molecule has 0 unspecified atom stereocenters. The summed E-state index contributed by atoms with van der Waals surface area (Å²) < 4.78 is 10.4. The Morgan fingerprint density at radius 2 is 2.15 bits per heavy atom. The maximum absolute atomic E-state index is 11.6. The molecule has 1 saturated heterocycles. The van der Waals surface area contributed by atoms with Crippen molar-refractivity contribution in [1.29, 1.82) is 0 Å². The highest BCUT2D eigenvalue weighted by molar-refractivity contribution is 5.90. The zero-order valence-electron chi connectivity index (χ0n) is 12.8. The zero-order valence-corrected chi connectivity index (χ0v) is 12.8. The van der Waals surface area contributed by atoms with Gasteiger partial charge in [-0.05, 0) is 39.8 Å². The molecule has 0 radical (unpaired) electrons. The van der Waals surface area contributed by atoms with E-state index < -0.39 is 0 Å². The monoisotopic (exact) mass is 280 g/mol. The van der Waals surface area contributed by atoms with Crippen molar-refractivity contribution in [1.82, 2.24) is 10.2 Å². The molecule has 0 saturated carbocycles. The van der Waals surface area contributed by atoms with E-state index in [9.17, 15) is 4.79 Å². The lowest BCUT2D eigenvalue weighted by Crippen LogP contribution is -2.49. The molecule has 1 aliphatic heterocycles. The second kappa shape index (κ2) is 5.97. The average molecular weight is 280 g/mol. The van der Waals surface area contributed by atoms with Crippen LogP contribution < -0.4 is 5.32 Å². The molecule has 2 rings (SSSR count). The first-order chi connectivity index (χ1) is 9.47. The number of likely N-dealkylation sites (tertiary alicyclic amines) is 1. The number of aryl methyl sites for hydroxylation is 1. The van der Waals surface area contributed by atoms with Gasteiger partial charge in [0.2, 0.25) is 0 Å². The highest BCUT2D eigenvalue weighted by Crippen LogP contribution is 2.24. The molecule has 1 aromatic heterocycles. The minimum absolute atomic E-state index is 0.243. The Morgan fingerprint density at radius 3 is 2.70 bits per heavy atom. The van der Waals surface area contributed by atoms with E-state index >= 15 is 0 Å². The Bertz CT molecular complexity index is 473. The van der Waals surface area contributed by atoms with Crippen LogP contribution in [0.4, 0.5) is 0 Å². The number of carbonyl (C=O) groups excluding carboxylic acids is 1. The summed E-state index contributed by atoms with van der Waals surface area (Å²) in [6, 6.07) is 1.80. The van der Waals surface area contributed by atoms with Crippen LogP contribution in [0.3, 0.4) is 0 Å². The SMILES string of the molecule is CNC1(C)CCN(Cc2cc(C(=O)OC)c(C)o2)CC1. The van der Waals surface area contributed by atoms with Gasteiger partial charge in [-0.2, -0.15) is 0 Å². The van der Waals surface area contributed by atoms with Crippen molar-refractivity contribution in [3.63, 3.8) is 0 Å². The molecular weight excluding hydrogens is 256 g/mol. The van der Waals surface area contributed by atoms with E-state index in [1.807, 2.05) is 7.05 Å². The van der Waals surface area contributed by atoms with Crippen LogP contribution >= 0.6 is 0 Å². The molecular formula is C15H24N2O3. The van der Waals surface area contributed by atoms with Gasteiger partial charge in [0, 0.05) is 18.6 Å². The number of rotatable bonds is 4. The second-order valence-electron chi connectivity index (χ2n) is 5.76. The van der Waals surface area contributed by atoms with Gasteiger partial charge in [0.05, 0.1) is 13.7 Å². The fourth-order valence-electron chi connectivity index (χ4n) is 2.61. The Morgan fingerprint density at radius 1 is 1.50 bits per heavy atom. The number of methoxy groups -OCH3 is 1. The summed E-state index contributed by atoms with van der Waals surface area (Å²) in [4.78, 5) is 13.9. The number of nitrogens with one attached hydrogen (secondary N) is 1. The summed E-state index contributed by atoms with van der Waals surface area (Å²) in [7, 11) is 3.41. The number of piperidine rings is 1. The zero-order chi connectivity index (χ0) is 14.8. The molecule has 1 aromatic rings. The van der Waals surface area contributed by atoms with Crippen molar-refractivity contribution in [2.75, 3.05) is 27.2 Å². The average Bonchev–Trinajstić information content (AvgIpc) is 2.81. The van der Waals surface area contributed by atoms with Gasteiger partial charge in [0.25, 0.3) is 0 Å². The molecule has 0 atom stereocenters. The summed E-state index contributed by atoms with van der Waals surface area (Å²) in [6.07, 6.45) is 2.24. The van der Waals surface area contributed by atoms with Crippen molar-refractivity contribution < 1.29 is 13.9 Å². The fraction of sp³-hybridized carbons (Fsp3) is 0.667. The number of hydrogen-bond acceptors (Lipinski definition) is 5. The summed E-state index contributed by atoms with van der Waals surface area (Å²) >= 11 is 0. The first-order valence-corrected chi connectivity index (χ1v) is 7.06. The third kappa shape index (κ3) is 3.22. The van der Waals surface area contributed by atoms with Crippen LogP contribution in [0.15, 0.2) is 10.5 Å². The molecule has 5 nitrogen and oxygen atoms in total. The van der Waals surface area contributed by atoms with E-state index in [1.54, 1.807) is 13.0 Å². The van der Waals surface area contributed by atoms with Crippen LogP contribution in [0.2, 0.25) is 0 Å². The summed E-state index contributed by atoms with van der Waals surface area (Å²) in [5.41, 5.74) is 0.770. The van der Waals surface area contributed by atoms with E-state index in [4.69, 9.17) is 9.15 Å². The molecule has 1 N–H and O–H groups in total. The maximum atomic E-state index is 11.6. The number of ether oxygens (including phenoxy) is 1. The molecule has 5 heteroatoms. The Hall–Kier alpha value is -1.33. The normalized spacial score (nSPS) is 19.0. The van der Waals surface area contributed by atoms with Crippen molar-refractivity contribution in [3.05, 3.63) is 23.2 Å². The van der Waals surface area contributed by atoms with E-state index in [0.717, 1.165) is 38.2 Å². The minimum Gasteiger partial charge on any atom is -0.465 e. The van der Waals surface area contributed by atoms with Crippen molar-refractivity contribution in [3.8, 4) is 0 Å². The smallest absolute Gasteiger partial charge is 0.341 e. The van der Waals surface area contributed by atoms with Crippen molar-refractivity contribution in [2.45, 2.75) is 38.8 Å². The molecule has 0 bridgehead atoms. The van der Waals surface area contributed by atoms with Crippen LogP contribution in [-0.2, 0) is 11.3 Å². The number of nitrogens with zero attached hydrogens (tertiary/aromatic N) is 1.